The molecule has 0 spiro atoms. The highest BCUT2D eigenvalue weighted by Crippen LogP contribution is 2.24. The number of carboxylic acid groups (broad SMARTS) is 1. The molecule has 1 aromatic carbocycles. The molecule has 3 rings (SSSR count). The molecule has 0 saturated carbocycles. The second-order valence-electron chi connectivity index (χ2n) is 4.27. The minimum atomic E-state index is -1.05. The minimum absolute atomic E-state index is 0.0163. The van der Waals surface area contributed by atoms with Crippen LogP contribution in [-0.4, -0.2) is 25.7 Å². The number of rotatable bonds is 2. The number of carbonyl (C=O) groups is 1. The average molecular weight is 253 g/mol. The van der Waals surface area contributed by atoms with E-state index in [4.69, 9.17) is 0 Å². The SMILES string of the molecule is Cc1ccc(-c2c(C(=O)O)nc3cccnn23)cc1. The highest BCUT2D eigenvalue weighted by Gasteiger charge is 2.20. The predicted octanol–water partition coefficient (Wildman–Crippen LogP) is 2.40. The first-order chi connectivity index (χ1) is 9.16. The molecule has 94 valence electrons. The van der Waals surface area contributed by atoms with E-state index in [1.54, 1.807) is 22.8 Å². The standard InChI is InChI=1S/C14H11N3O2/c1-9-4-6-10(7-5-9)13-12(14(18)19)16-11-3-2-8-15-17(11)13/h2-8H,1H3,(H,18,19). The van der Waals surface area contributed by atoms with Crippen molar-refractivity contribution >= 4 is 11.6 Å². The highest BCUT2D eigenvalue weighted by molar-refractivity contribution is 5.94. The van der Waals surface area contributed by atoms with Crippen LogP contribution in [-0.2, 0) is 0 Å². The lowest BCUT2D eigenvalue weighted by molar-refractivity contribution is 0.0692. The van der Waals surface area contributed by atoms with Crippen LogP contribution >= 0.6 is 0 Å². The summed E-state index contributed by atoms with van der Waals surface area (Å²) in [5.41, 5.74) is 2.94. The van der Waals surface area contributed by atoms with Crippen molar-refractivity contribution < 1.29 is 9.90 Å². The Morgan fingerprint density at radius 2 is 1.95 bits per heavy atom. The molecule has 0 bridgehead atoms. The molecule has 2 heterocycles. The van der Waals surface area contributed by atoms with Gasteiger partial charge in [-0.25, -0.2) is 14.3 Å². The quantitative estimate of drug-likeness (QED) is 0.761. The zero-order valence-corrected chi connectivity index (χ0v) is 10.2. The monoisotopic (exact) mass is 253 g/mol. The number of nitrogens with zero attached hydrogens (tertiary/aromatic N) is 3. The van der Waals surface area contributed by atoms with E-state index < -0.39 is 5.97 Å². The number of aromatic nitrogens is 3. The fraction of sp³-hybridized carbons (Fsp3) is 0.0714. The molecule has 0 aliphatic heterocycles. The van der Waals surface area contributed by atoms with E-state index in [1.165, 1.54) is 0 Å². The van der Waals surface area contributed by atoms with Gasteiger partial charge in [0.2, 0.25) is 0 Å². The van der Waals surface area contributed by atoms with E-state index in [-0.39, 0.29) is 5.69 Å². The molecule has 0 fully saturated rings. The van der Waals surface area contributed by atoms with Gasteiger partial charge in [-0.3, -0.25) is 0 Å². The Morgan fingerprint density at radius 1 is 1.21 bits per heavy atom. The van der Waals surface area contributed by atoms with Gasteiger partial charge >= 0.3 is 5.97 Å². The molecule has 1 N–H and O–H groups in total. The minimum Gasteiger partial charge on any atom is -0.476 e. The van der Waals surface area contributed by atoms with Gasteiger partial charge in [-0.2, -0.15) is 5.10 Å². The zero-order chi connectivity index (χ0) is 13.4. The van der Waals surface area contributed by atoms with Gasteiger partial charge in [0.25, 0.3) is 0 Å². The van der Waals surface area contributed by atoms with Crippen LogP contribution in [0.4, 0.5) is 0 Å². The lowest BCUT2D eigenvalue weighted by Gasteiger charge is -2.02. The van der Waals surface area contributed by atoms with Crippen LogP contribution in [0.25, 0.3) is 16.9 Å². The Balaban J connectivity index is 2.34. The first-order valence-corrected chi connectivity index (χ1v) is 5.81. The maximum Gasteiger partial charge on any atom is 0.356 e. The van der Waals surface area contributed by atoms with E-state index in [0.717, 1.165) is 11.1 Å². The molecule has 2 aromatic heterocycles. The number of hydrogen-bond acceptors (Lipinski definition) is 3. The number of aryl methyl sites for hydroxylation is 1. The number of aromatic carboxylic acids is 1. The second-order valence-corrected chi connectivity index (χ2v) is 4.27. The van der Waals surface area contributed by atoms with Crippen molar-refractivity contribution in [3.63, 3.8) is 0 Å². The largest absolute Gasteiger partial charge is 0.476 e. The number of imidazole rings is 1. The van der Waals surface area contributed by atoms with Gasteiger partial charge in [-0.1, -0.05) is 29.8 Å². The van der Waals surface area contributed by atoms with Crippen LogP contribution in [0.15, 0.2) is 42.6 Å². The highest BCUT2D eigenvalue weighted by atomic mass is 16.4. The van der Waals surface area contributed by atoms with Crippen molar-refractivity contribution in [2.24, 2.45) is 0 Å². The van der Waals surface area contributed by atoms with Crippen LogP contribution in [0, 0.1) is 6.92 Å². The van der Waals surface area contributed by atoms with Gasteiger partial charge in [-0.15, -0.1) is 0 Å². The van der Waals surface area contributed by atoms with Gasteiger partial charge < -0.3 is 5.11 Å². The number of fused-ring (bicyclic) bond motifs is 1. The maximum absolute atomic E-state index is 11.3. The number of hydrogen-bond donors (Lipinski definition) is 1. The molecule has 5 nitrogen and oxygen atoms in total. The van der Waals surface area contributed by atoms with Crippen molar-refractivity contribution in [3.05, 3.63) is 53.9 Å². The molecule has 0 amide bonds. The third-order valence-electron chi connectivity index (χ3n) is 2.92. The molecule has 0 radical (unpaired) electrons. The van der Waals surface area contributed by atoms with Crippen molar-refractivity contribution in [2.45, 2.75) is 6.92 Å². The first-order valence-electron chi connectivity index (χ1n) is 5.81. The molecule has 0 saturated heterocycles. The molecule has 0 aliphatic carbocycles. The fourth-order valence-corrected chi connectivity index (χ4v) is 2.01. The molecule has 0 unspecified atom stereocenters. The third kappa shape index (κ3) is 1.85. The maximum atomic E-state index is 11.3. The van der Waals surface area contributed by atoms with Crippen LogP contribution in [0.2, 0.25) is 0 Å². The van der Waals surface area contributed by atoms with E-state index in [9.17, 15) is 9.90 Å². The molecule has 3 aromatic rings. The number of carboxylic acids is 1. The molecule has 0 atom stereocenters. The van der Waals surface area contributed by atoms with Crippen LogP contribution in [0.1, 0.15) is 16.1 Å². The zero-order valence-electron chi connectivity index (χ0n) is 10.2. The van der Waals surface area contributed by atoms with Crippen molar-refractivity contribution in [2.75, 3.05) is 0 Å². The van der Waals surface area contributed by atoms with E-state index >= 15 is 0 Å². The van der Waals surface area contributed by atoms with E-state index in [1.807, 2.05) is 31.2 Å². The third-order valence-corrected chi connectivity index (χ3v) is 2.92. The van der Waals surface area contributed by atoms with Gasteiger partial charge in [0.1, 0.15) is 5.69 Å². The molecule has 5 heteroatoms. The van der Waals surface area contributed by atoms with Gasteiger partial charge in [0.15, 0.2) is 11.3 Å². The van der Waals surface area contributed by atoms with Crippen LogP contribution in [0.3, 0.4) is 0 Å². The Labute approximate surface area is 109 Å². The van der Waals surface area contributed by atoms with Crippen LogP contribution < -0.4 is 0 Å². The van der Waals surface area contributed by atoms with Gasteiger partial charge in [0.05, 0.1) is 0 Å². The molecule has 19 heavy (non-hydrogen) atoms. The topological polar surface area (TPSA) is 67.5 Å². The summed E-state index contributed by atoms with van der Waals surface area (Å²) in [5, 5.41) is 13.5. The summed E-state index contributed by atoms with van der Waals surface area (Å²) >= 11 is 0. The summed E-state index contributed by atoms with van der Waals surface area (Å²) in [7, 11) is 0. The number of benzene rings is 1. The fourth-order valence-electron chi connectivity index (χ4n) is 2.01. The molecular weight excluding hydrogens is 242 g/mol. The van der Waals surface area contributed by atoms with Crippen LogP contribution in [0.5, 0.6) is 0 Å². The van der Waals surface area contributed by atoms with E-state index in [2.05, 4.69) is 10.1 Å². The van der Waals surface area contributed by atoms with E-state index in [0.29, 0.717) is 11.3 Å². The smallest absolute Gasteiger partial charge is 0.356 e. The first kappa shape index (κ1) is 11.4. The van der Waals surface area contributed by atoms with Gasteiger partial charge in [-0.05, 0) is 19.1 Å². The second kappa shape index (κ2) is 4.20. The van der Waals surface area contributed by atoms with Crippen molar-refractivity contribution in [1.82, 2.24) is 14.6 Å². The lowest BCUT2D eigenvalue weighted by Crippen LogP contribution is -2.01. The summed E-state index contributed by atoms with van der Waals surface area (Å²) in [6.45, 7) is 1.98. The average Bonchev–Trinajstić information content (AvgIpc) is 2.79. The Kier molecular flexibility index (Phi) is 2.52. The van der Waals surface area contributed by atoms with Crippen molar-refractivity contribution in [3.8, 4) is 11.3 Å². The predicted molar refractivity (Wildman–Crippen MR) is 70.1 cm³/mol. The van der Waals surface area contributed by atoms with Gasteiger partial charge in [0, 0.05) is 11.8 Å². The Morgan fingerprint density at radius 3 is 2.63 bits per heavy atom. The summed E-state index contributed by atoms with van der Waals surface area (Å²) in [4.78, 5) is 15.4. The summed E-state index contributed by atoms with van der Waals surface area (Å²) in [6, 6.07) is 11.1. The Bertz CT molecular complexity index is 760. The Hall–Kier alpha value is -2.69. The van der Waals surface area contributed by atoms with Crippen molar-refractivity contribution in [1.29, 1.82) is 0 Å². The summed E-state index contributed by atoms with van der Waals surface area (Å²) in [5.74, 6) is -1.05. The normalized spacial score (nSPS) is 10.8. The molecule has 0 aliphatic rings. The lowest BCUT2D eigenvalue weighted by atomic mass is 10.1. The molecular formula is C14H11N3O2. The summed E-state index contributed by atoms with van der Waals surface area (Å²) in [6.07, 6.45) is 1.61. The summed E-state index contributed by atoms with van der Waals surface area (Å²) < 4.78 is 1.55.